The van der Waals surface area contributed by atoms with E-state index < -0.39 is 0 Å². The molecule has 1 saturated heterocycles. The SMILES string of the molecule is CC(C)NCc1ccc(N2CCOC(CO)C2)c(F)c1. The highest BCUT2D eigenvalue weighted by atomic mass is 19.1. The van der Waals surface area contributed by atoms with Gasteiger partial charge in [0, 0.05) is 25.7 Å². The summed E-state index contributed by atoms with van der Waals surface area (Å²) in [4.78, 5) is 1.93. The highest BCUT2D eigenvalue weighted by Crippen LogP contribution is 2.22. The van der Waals surface area contributed by atoms with Gasteiger partial charge in [-0.2, -0.15) is 0 Å². The van der Waals surface area contributed by atoms with E-state index in [2.05, 4.69) is 19.2 Å². The molecule has 0 aliphatic carbocycles. The number of aliphatic hydroxyl groups excluding tert-OH is 1. The van der Waals surface area contributed by atoms with E-state index in [9.17, 15) is 4.39 Å². The Morgan fingerprint density at radius 2 is 2.30 bits per heavy atom. The number of ether oxygens (including phenoxy) is 1. The summed E-state index contributed by atoms with van der Waals surface area (Å²) in [6, 6.07) is 5.71. The van der Waals surface area contributed by atoms with Gasteiger partial charge < -0.3 is 20.1 Å². The lowest BCUT2D eigenvalue weighted by Gasteiger charge is -2.34. The fourth-order valence-electron chi connectivity index (χ4n) is 2.29. The summed E-state index contributed by atoms with van der Waals surface area (Å²) in [5, 5.41) is 12.4. The topological polar surface area (TPSA) is 44.7 Å². The lowest BCUT2D eigenvalue weighted by molar-refractivity contribution is 0.00341. The van der Waals surface area contributed by atoms with Crippen molar-refractivity contribution in [1.82, 2.24) is 5.32 Å². The third-order valence-electron chi connectivity index (χ3n) is 3.41. The predicted octanol–water partition coefficient (Wildman–Crippen LogP) is 1.52. The van der Waals surface area contributed by atoms with Crippen LogP contribution in [0.15, 0.2) is 18.2 Å². The van der Waals surface area contributed by atoms with Gasteiger partial charge in [-0.3, -0.25) is 0 Å². The van der Waals surface area contributed by atoms with E-state index in [-0.39, 0.29) is 18.5 Å². The number of benzene rings is 1. The zero-order chi connectivity index (χ0) is 14.5. The molecule has 0 saturated carbocycles. The second kappa shape index (κ2) is 7.02. The Morgan fingerprint density at radius 3 is 2.95 bits per heavy atom. The second-order valence-corrected chi connectivity index (χ2v) is 5.44. The van der Waals surface area contributed by atoms with E-state index in [0.717, 1.165) is 5.56 Å². The van der Waals surface area contributed by atoms with Crippen molar-refractivity contribution in [2.75, 3.05) is 31.2 Å². The first-order valence-electron chi connectivity index (χ1n) is 7.09. The lowest BCUT2D eigenvalue weighted by atomic mass is 10.1. The van der Waals surface area contributed by atoms with E-state index in [4.69, 9.17) is 9.84 Å². The molecule has 1 aromatic rings. The van der Waals surface area contributed by atoms with E-state index >= 15 is 0 Å². The average Bonchev–Trinajstić information content (AvgIpc) is 2.45. The van der Waals surface area contributed by atoms with E-state index in [1.807, 2.05) is 17.0 Å². The standard InChI is InChI=1S/C15H23FN2O2/c1-11(2)17-8-12-3-4-15(14(16)7-12)18-5-6-20-13(9-18)10-19/h3-4,7,11,13,17,19H,5-6,8-10H2,1-2H3. The zero-order valence-corrected chi connectivity index (χ0v) is 12.1. The van der Waals surface area contributed by atoms with Crippen molar-refractivity contribution in [3.63, 3.8) is 0 Å². The molecule has 112 valence electrons. The van der Waals surface area contributed by atoms with Crippen LogP contribution in [0.1, 0.15) is 19.4 Å². The van der Waals surface area contributed by atoms with Crippen LogP contribution in [0.2, 0.25) is 0 Å². The highest BCUT2D eigenvalue weighted by Gasteiger charge is 2.22. The number of anilines is 1. The molecule has 1 atom stereocenters. The molecule has 2 rings (SSSR count). The summed E-state index contributed by atoms with van der Waals surface area (Å²) in [5.74, 6) is -0.216. The van der Waals surface area contributed by atoms with Gasteiger partial charge in [-0.25, -0.2) is 4.39 Å². The molecule has 20 heavy (non-hydrogen) atoms. The molecular weight excluding hydrogens is 259 g/mol. The van der Waals surface area contributed by atoms with E-state index in [1.54, 1.807) is 6.07 Å². The Bertz CT molecular complexity index is 440. The number of aliphatic hydroxyl groups is 1. The van der Waals surface area contributed by atoms with Gasteiger partial charge in [0.1, 0.15) is 5.82 Å². The molecule has 1 heterocycles. The van der Waals surface area contributed by atoms with Crippen LogP contribution in [0.25, 0.3) is 0 Å². The van der Waals surface area contributed by atoms with Crippen LogP contribution in [0, 0.1) is 5.82 Å². The van der Waals surface area contributed by atoms with Crippen LogP contribution >= 0.6 is 0 Å². The Labute approximate surface area is 119 Å². The minimum atomic E-state index is -0.231. The largest absolute Gasteiger partial charge is 0.394 e. The lowest BCUT2D eigenvalue weighted by Crippen LogP contribution is -2.44. The number of nitrogens with one attached hydrogen (secondary N) is 1. The predicted molar refractivity (Wildman–Crippen MR) is 77.4 cm³/mol. The molecule has 1 aromatic carbocycles. The van der Waals surface area contributed by atoms with Crippen molar-refractivity contribution in [3.8, 4) is 0 Å². The molecule has 0 amide bonds. The maximum atomic E-state index is 14.2. The van der Waals surface area contributed by atoms with Gasteiger partial charge in [0.2, 0.25) is 0 Å². The third-order valence-corrected chi connectivity index (χ3v) is 3.41. The van der Waals surface area contributed by atoms with Crippen molar-refractivity contribution < 1.29 is 14.2 Å². The molecule has 1 fully saturated rings. The summed E-state index contributed by atoms with van der Waals surface area (Å²) in [5.41, 5.74) is 1.52. The smallest absolute Gasteiger partial charge is 0.146 e. The van der Waals surface area contributed by atoms with Crippen LogP contribution in [0.5, 0.6) is 0 Å². The van der Waals surface area contributed by atoms with Crippen molar-refractivity contribution in [3.05, 3.63) is 29.6 Å². The Kier molecular flexibility index (Phi) is 5.34. The second-order valence-electron chi connectivity index (χ2n) is 5.44. The summed E-state index contributed by atoms with van der Waals surface area (Å²) in [7, 11) is 0. The van der Waals surface area contributed by atoms with Crippen LogP contribution in [0.3, 0.4) is 0 Å². The normalized spacial score (nSPS) is 19.6. The molecule has 1 unspecified atom stereocenters. The Hall–Kier alpha value is -1.17. The fourth-order valence-corrected chi connectivity index (χ4v) is 2.29. The minimum Gasteiger partial charge on any atom is -0.394 e. The number of nitrogens with zero attached hydrogens (tertiary/aromatic N) is 1. The molecule has 1 aliphatic rings. The average molecular weight is 282 g/mol. The summed E-state index contributed by atoms with van der Waals surface area (Å²) < 4.78 is 19.6. The van der Waals surface area contributed by atoms with Crippen LogP contribution < -0.4 is 10.2 Å². The van der Waals surface area contributed by atoms with Crippen molar-refractivity contribution in [2.24, 2.45) is 0 Å². The first kappa shape index (κ1) is 15.2. The molecule has 4 nitrogen and oxygen atoms in total. The molecule has 1 aliphatic heterocycles. The molecular formula is C15H23FN2O2. The van der Waals surface area contributed by atoms with Crippen molar-refractivity contribution in [1.29, 1.82) is 0 Å². The first-order chi connectivity index (χ1) is 9.60. The van der Waals surface area contributed by atoms with Crippen LogP contribution in [-0.4, -0.2) is 43.6 Å². The number of rotatable bonds is 5. The van der Waals surface area contributed by atoms with E-state index in [1.165, 1.54) is 0 Å². The summed E-state index contributed by atoms with van der Waals surface area (Å²) in [6.45, 7) is 6.45. The quantitative estimate of drug-likeness (QED) is 0.859. The minimum absolute atomic E-state index is 0.0332. The van der Waals surface area contributed by atoms with Crippen molar-refractivity contribution in [2.45, 2.75) is 32.5 Å². The Balaban J connectivity index is 2.05. The fraction of sp³-hybridized carbons (Fsp3) is 0.600. The highest BCUT2D eigenvalue weighted by molar-refractivity contribution is 5.49. The molecule has 0 aromatic heterocycles. The monoisotopic (exact) mass is 282 g/mol. The third kappa shape index (κ3) is 3.91. The van der Waals surface area contributed by atoms with Crippen LogP contribution in [0.4, 0.5) is 10.1 Å². The van der Waals surface area contributed by atoms with Gasteiger partial charge in [-0.15, -0.1) is 0 Å². The summed E-state index contributed by atoms with van der Waals surface area (Å²) in [6.07, 6.45) is -0.231. The molecule has 0 spiro atoms. The number of hydrogen-bond acceptors (Lipinski definition) is 4. The van der Waals surface area contributed by atoms with Crippen molar-refractivity contribution >= 4 is 5.69 Å². The maximum absolute atomic E-state index is 14.2. The first-order valence-corrected chi connectivity index (χ1v) is 7.09. The maximum Gasteiger partial charge on any atom is 0.146 e. The molecule has 0 bridgehead atoms. The van der Waals surface area contributed by atoms with Gasteiger partial charge >= 0.3 is 0 Å². The molecule has 5 heteroatoms. The zero-order valence-electron chi connectivity index (χ0n) is 12.1. The summed E-state index contributed by atoms with van der Waals surface area (Å²) >= 11 is 0. The number of halogens is 1. The van der Waals surface area contributed by atoms with Gasteiger partial charge in [0.15, 0.2) is 0 Å². The number of hydrogen-bond donors (Lipinski definition) is 2. The van der Waals surface area contributed by atoms with Gasteiger partial charge in [0.25, 0.3) is 0 Å². The Morgan fingerprint density at radius 1 is 1.50 bits per heavy atom. The van der Waals surface area contributed by atoms with Gasteiger partial charge in [-0.1, -0.05) is 19.9 Å². The van der Waals surface area contributed by atoms with Crippen LogP contribution in [-0.2, 0) is 11.3 Å². The van der Waals surface area contributed by atoms with E-state index in [0.29, 0.717) is 38.0 Å². The van der Waals surface area contributed by atoms with Gasteiger partial charge in [0.05, 0.1) is 25.0 Å². The molecule has 2 N–H and O–H groups in total. The molecule has 0 radical (unpaired) electrons. The van der Waals surface area contributed by atoms with Gasteiger partial charge in [-0.05, 0) is 17.7 Å². The number of morpholine rings is 1.